The van der Waals surface area contributed by atoms with Crippen LogP contribution in [0.3, 0.4) is 0 Å². The van der Waals surface area contributed by atoms with Gasteiger partial charge in [-0.1, -0.05) is 36.9 Å². The van der Waals surface area contributed by atoms with Gasteiger partial charge in [0.05, 0.1) is 0 Å². The summed E-state index contributed by atoms with van der Waals surface area (Å²) in [4.78, 5) is 13.3. The van der Waals surface area contributed by atoms with Gasteiger partial charge in [0.25, 0.3) is 0 Å². The monoisotopic (exact) mass is 201 g/mol. The van der Waals surface area contributed by atoms with E-state index >= 15 is 0 Å². The van der Waals surface area contributed by atoms with Gasteiger partial charge in [-0.15, -0.1) is 0 Å². The first-order chi connectivity index (χ1) is 7.27. The molecule has 0 radical (unpaired) electrons. The third-order valence-corrected chi connectivity index (χ3v) is 2.71. The first-order valence-electron chi connectivity index (χ1n) is 5.29. The van der Waals surface area contributed by atoms with Crippen molar-refractivity contribution < 1.29 is 4.79 Å². The van der Waals surface area contributed by atoms with E-state index in [-0.39, 0.29) is 5.91 Å². The predicted octanol–water partition coefficient (Wildman–Crippen LogP) is 2.37. The van der Waals surface area contributed by atoms with Crippen molar-refractivity contribution >= 4 is 5.91 Å². The van der Waals surface area contributed by atoms with E-state index in [0.29, 0.717) is 6.42 Å². The molecule has 1 aliphatic heterocycles. The van der Waals surface area contributed by atoms with Crippen molar-refractivity contribution in [1.29, 1.82) is 0 Å². The summed E-state index contributed by atoms with van der Waals surface area (Å²) in [6.07, 6.45) is 2.41. The van der Waals surface area contributed by atoms with Crippen LogP contribution >= 0.6 is 0 Å². The summed E-state index contributed by atoms with van der Waals surface area (Å²) in [7, 11) is 0. The fraction of sp³-hybridized carbons (Fsp3) is 0.308. The average molecular weight is 201 g/mol. The Bertz CT molecular complexity index is 369. The van der Waals surface area contributed by atoms with Gasteiger partial charge < -0.3 is 4.90 Å². The Morgan fingerprint density at radius 2 is 2.07 bits per heavy atom. The Morgan fingerprint density at radius 3 is 2.67 bits per heavy atom. The maximum atomic E-state index is 11.5. The molecule has 1 amide bonds. The molecule has 0 aromatic heterocycles. The van der Waals surface area contributed by atoms with Crippen molar-refractivity contribution in [1.82, 2.24) is 4.90 Å². The first-order valence-corrected chi connectivity index (χ1v) is 5.29. The topological polar surface area (TPSA) is 20.3 Å². The van der Waals surface area contributed by atoms with Crippen molar-refractivity contribution in [2.75, 3.05) is 6.54 Å². The molecule has 1 aromatic rings. The van der Waals surface area contributed by atoms with Crippen molar-refractivity contribution in [2.24, 2.45) is 0 Å². The van der Waals surface area contributed by atoms with Gasteiger partial charge in [0.2, 0.25) is 5.91 Å². The van der Waals surface area contributed by atoms with Crippen LogP contribution in [-0.4, -0.2) is 17.4 Å². The van der Waals surface area contributed by atoms with E-state index in [0.717, 1.165) is 25.1 Å². The number of hydrogen-bond donors (Lipinski definition) is 0. The van der Waals surface area contributed by atoms with Gasteiger partial charge in [-0.05, 0) is 12.0 Å². The van der Waals surface area contributed by atoms with E-state index in [2.05, 4.69) is 18.7 Å². The van der Waals surface area contributed by atoms with Crippen molar-refractivity contribution in [3.63, 3.8) is 0 Å². The molecule has 0 atom stereocenters. The number of likely N-dealkylation sites (tertiary alicyclic amines) is 1. The standard InChI is InChI=1S/C13H15NO/c1-11(14-9-5-8-13(14)15)10-12-6-3-2-4-7-12/h2-4,6-7H,1,5,8-10H2. The summed E-state index contributed by atoms with van der Waals surface area (Å²) in [6.45, 7) is 4.83. The summed E-state index contributed by atoms with van der Waals surface area (Å²) in [5.41, 5.74) is 2.13. The molecule has 2 heteroatoms. The molecule has 0 bridgehead atoms. The zero-order chi connectivity index (χ0) is 10.7. The Kier molecular flexibility index (Phi) is 2.86. The predicted molar refractivity (Wildman–Crippen MR) is 60.2 cm³/mol. The maximum absolute atomic E-state index is 11.5. The molecule has 0 saturated carbocycles. The zero-order valence-corrected chi connectivity index (χ0v) is 8.78. The highest BCUT2D eigenvalue weighted by molar-refractivity contribution is 5.79. The fourth-order valence-electron chi connectivity index (χ4n) is 1.91. The summed E-state index contributed by atoms with van der Waals surface area (Å²) in [5, 5.41) is 0. The van der Waals surface area contributed by atoms with Crippen LogP contribution in [0.2, 0.25) is 0 Å². The second-order valence-electron chi connectivity index (χ2n) is 3.88. The highest BCUT2D eigenvalue weighted by Crippen LogP contribution is 2.18. The summed E-state index contributed by atoms with van der Waals surface area (Å²) < 4.78 is 0. The van der Waals surface area contributed by atoms with Gasteiger partial charge in [-0.2, -0.15) is 0 Å². The van der Waals surface area contributed by atoms with E-state index in [4.69, 9.17) is 0 Å². The third-order valence-electron chi connectivity index (χ3n) is 2.71. The van der Waals surface area contributed by atoms with E-state index in [1.165, 1.54) is 5.56 Å². The van der Waals surface area contributed by atoms with Gasteiger partial charge in [0, 0.05) is 25.1 Å². The lowest BCUT2D eigenvalue weighted by atomic mass is 10.1. The minimum Gasteiger partial charge on any atom is -0.316 e. The summed E-state index contributed by atoms with van der Waals surface area (Å²) >= 11 is 0. The van der Waals surface area contributed by atoms with Gasteiger partial charge in [0.15, 0.2) is 0 Å². The Morgan fingerprint density at radius 1 is 1.33 bits per heavy atom. The molecular formula is C13H15NO. The highest BCUT2D eigenvalue weighted by atomic mass is 16.2. The second kappa shape index (κ2) is 4.30. The van der Waals surface area contributed by atoms with Gasteiger partial charge in [-0.25, -0.2) is 0 Å². The molecule has 1 aromatic carbocycles. The van der Waals surface area contributed by atoms with Crippen LogP contribution in [0.5, 0.6) is 0 Å². The van der Waals surface area contributed by atoms with Crippen LogP contribution < -0.4 is 0 Å². The number of allylic oxidation sites excluding steroid dienone is 1. The second-order valence-corrected chi connectivity index (χ2v) is 3.88. The molecule has 78 valence electrons. The molecule has 15 heavy (non-hydrogen) atoms. The number of hydrogen-bond acceptors (Lipinski definition) is 1. The number of carbonyl (C=O) groups is 1. The molecule has 1 saturated heterocycles. The first kappa shape index (κ1) is 9.97. The molecule has 2 nitrogen and oxygen atoms in total. The van der Waals surface area contributed by atoms with Crippen LogP contribution in [0.15, 0.2) is 42.6 Å². The molecular weight excluding hydrogens is 186 g/mol. The van der Waals surface area contributed by atoms with Gasteiger partial charge in [0.1, 0.15) is 0 Å². The summed E-state index contributed by atoms with van der Waals surface area (Å²) in [5.74, 6) is 0.218. The third kappa shape index (κ3) is 2.27. The lowest BCUT2D eigenvalue weighted by Crippen LogP contribution is -2.24. The smallest absolute Gasteiger partial charge is 0.226 e. The largest absolute Gasteiger partial charge is 0.316 e. The average Bonchev–Trinajstić information content (AvgIpc) is 2.66. The Hall–Kier alpha value is -1.57. The fourth-order valence-corrected chi connectivity index (χ4v) is 1.91. The van der Waals surface area contributed by atoms with E-state index in [1.54, 1.807) is 0 Å². The SMILES string of the molecule is C=C(Cc1ccccc1)N1CCCC1=O. The van der Waals surface area contributed by atoms with E-state index < -0.39 is 0 Å². The van der Waals surface area contributed by atoms with Crippen molar-refractivity contribution in [3.8, 4) is 0 Å². The minimum atomic E-state index is 0.218. The molecule has 2 rings (SSSR count). The van der Waals surface area contributed by atoms with E-state index in [9.17, 15) is 4.79 Å². The van der Waals surface area contributed by atoms with Gasteiger partial charge in [-0.3, -0.25) is 4.79 Å². The Balaban J connectivity index is 2.01. The number of nitrogens with zero attached hydrogens (tertiary/aromatic N) is 1. The van der Waals surface area contributed by atoms with Crippen LogP contribution in [0.4, 0.5) is 0 Å². The van der Waals surface area contributed by atoms with Crippen LogP contribution in [0.25, 0.3) is 0 Å². The van der Waals surface area contributed by atoms with Crippen molar-refractivity contribution in [2.45, 2.75) is 19.3 Å². The Labute approximate surface area is 90.2 Å². The number of rotatable bonds is 3. The van der Waals surface area contributed by atoms with E-state index in [1.807, 2.05) is 23.1 Å². The molecule has 0 N–H and O–H groups in total. The minimum absolute atomic E-state index is 0.218. The zero-order valence-electron chi connectivity index (χ0n) is 8.78. The highest BCUT2D eigenvalue weighted by Gasteiger charge is 2.22. The number of amides is 1. The number of carbonyl (C=O) groups excluding carboxylic acids is 1. The quantitative estimate of drug-likeness (QED) is 0.735. The van der Waals surface area contributed by atoms with Crippen molar-refractivity contribution in [3.05, 3.63) is 48.2 Å². The van der Waals surface area contributed by atoms with Gasteiger partial charge >= 0.3 is 0 Å². The molecule has 0 aliphatic carbocycles. The normalized spacial score (nSPS) is 15.7. The van der Waals surface area contributed by atoms with Crippen LogP contribution in [0.1, 0.15) is 18.4 Å². The molecule has 1 heterocycles. The van der Waals surface area contributed by atoms with Crippen LogP contribution in [-0.2, 0) is 11.2 Å². The number of benzene rings is 1. The molecule has 1 aliphatic rings. The molecule has 1 fully saturated rings. The lowest BCUT2D eigenvalue weighted by Gasteiger charge is -2.18. The maximum Gasteiger partial charge on any atom is 0.226 e. The summed E-state index contributed by atoms with van der Waals surface area (Å²) in [6, 6.07) is 10.1. The molecule has 0 spiro atoms. The lowest BCUT2D eigenvalue weighted by molar-refractivity contribution is -0.126. The molecule has 0 unspecified atom stereocenters. The van der Waals surface area contributed by atoms with Crippen LogP contribution in [0, 0.1) is 0 Å².